The third-order valence-corrected chi connectivity index (χ3v) is 1.42. The highest BCUT2D eigenvalue weighted by atomic mass is 16.5. The monoisotopic (exact) mass is 182 g/mol. The van der Waals surface area contributed by atoms with Crippen molar-refractivity contribution in [1.82, 2.24) is 0 Å². The summed E-state index contributed by atoms with van der Waals surface area (Å²) in [5, 5.41) is 0. The minimum atomic E-state index is -0.428. The summed E-state index contributed by atoms with van der Waals surface area (Å²) in [7, 11) is 0. The molecule has 0 aromatic heterocycles. The first kappa shape index (κ1) is 11.9. The zero-order valence-electron chi connectivity index (χ0n) is 8.67. The van der Waals surface area contributed by atoms with Gasteiger partial charge in [-0.25, -0.2) is 0 Å². The zero-order chi connectivity index (χ0) is 10.3. The van der Waals surface area contributed by atoms with Crippen LogP contribution in [0.2, 0.25) is 0 Å². The first-order chi connectivity index (χ1) is 5.98. The van der Waals surface area contributed by atoms with Gasteiger partial charge in [-0.2, -0.15) is 0 Å². The molecule has 0 aromatic carbocycles. The van der Waals surface area contributed by atoms with E-state index in [2.05, 4.69) is 6.58 Å². The number of carbonyl (C=O) groups is 1. The maximum atomic E-state index is 11.2. The fraction of sp³-hybridized carbons (Fsp3) is 0.545. The van der Waals surface area contributed by atoms with Gasteiger partial charge >= 0.3 is 5.97 Å². The maximum absolute atomic E-state index is 11.2. The molecular weight excluding hydrogens is 164 g/mol. The van der Waals surface area contributed by atoms with E-state index in [9.17, 15) is 4.79 Å². The van der Waals surface area contributed by atoms with Crippen LogP contribution in [0.5, 0.6) is 0 Å². The average molecular weight is 182 g/mol. The lowest BCUT2D eigenvalue weighted by molar-refractivity contribution is -0.146. The molecule has 2 nitrogen and oxygen atoms in total. The van der Waals surface area contributed by atoms with Gasteiger partial charge in [-0.1, -0.05) is 6.08 Å². The largest absolute Gasteiger partial charge is 0.434 e. The summed E-state index contributed by atoms with van der Waals surface area (Å²) >= 11 is 0. The number of rotatable bonds is 4. The number of unbranched alkanes of at least 4 members (excludes halogenated alkanes) is 1. The molecule has 0 radical (unpaired) electrons. The molecule has 0 aliphatic rings. The molecule has 13 heavy (non-hydrogen) atoms. The van der Waals surface area contributed by atoms with Crippen molar-refractivity contribution < 1.29 is 9.53 Å². The van der Waals surface area contributed by atoms with E-state index in [-0.39, 0.29) is 5.97 Å². The van der Waals surface area contributed by atoms with Gasteiger partial charge < -0.3 is 4.74 Å². The Morgan fingerprint density at radius 3 is 2.46 bits per heavy atom. The molecule has 0 atom stereocenters. The molecule has 0 fully saturated rings. The van der Waals surface area contributed by atoms with Gasteiger partial charge in [-0.3, -0.25) is 4.79 Å². The number of allylic oxidation sites excluding steroid dienone is 2. The van der Waals surface area contributed by atoms with Crippen molar-refractivity contribution in [1.29, 1.82) is 0 Å². The summed E-state index contributed by atoms with van der Waals surface area (Å²) in [4.78, 5) is 11.2. The van der Waals surface area contributed by atoms with Crippen LogP contribution in [0.15, 0.2) is 25.0 Å². The molecule has 0 bridgehead atoms. The smallest absolute Gasteiger partial charge is 0.316 e. The van der Waals surface area contributed by atoms with Crippen molar-refractivity contribution in [3.63, 3.8) is 0 Å². The maximum Gasteiger partial charge on any atom is 0.316 e. The second kappa shape index (κ2) is 5.57. The summed E-state index contributed by atoms with van der Waals surface area (Å²) in [5.41, 5.74) is -0.428. The summed E-state index contributed by atoms with van der Waals surface area (Å²) in [6.07, 6.45) is 6.88. The van der Waals surface area contributed by atoms with Gasteiger partial charge in [-0.15, -0.1) is 6.58 Å². The van der Waals surface area contributed by atoms with E-state index in [0.29, 0.717) is 0 Å². The molecule has 0 heterocycles. The SMILES string of the molecule is C=CCC/C=C/OC(=O)C(C)(C)C. The molecule has 0 aliphatic carbocycles. The highest BCUT2D eigenvalue weighted by molar-refractivity contribution is 5.75. The number of hydrogen-bond donors (Lipinski definition) is 0. The number of hydrogen-bond acceptors (Lipinski definition) is 2. The Bertz CT molecular complexity index is 197. The lowest BCUT2D eigenvalue weighted by Gasteiger charge is -2.13. The third-order valence-electron chi connectivity index (χ3n) is 1.42. The first-order valence-corrected chi connectivity index (χ1v) is 4.45. The van der Waals surface area contributed by atoms with Gasteiger partial charge in [0.2, 0.25) is 0 Å². The van der Waals surface area contributed by atoms with Gasteiger partial charge in [0.25, 0.3) is 0 Å². The number of esters is 1. The van der Waals surface area contributed by atoms with E-state index in [1.807, 2.05) is 32.9 Å². The normalized spacial score (nSPS) is 11.6. The van der Waals surface area contributed by atoms with Crippen molar-refractivity contribution >= 4 is 5.97 Å². The third kappa shape index (κ3) is 6.14. The predicted octanol–water partition coefficient (Wildman–Crippen LogP) is 3.06. The molecule has 0 rings (SSSR count). The summed E-state index contributed by atoms with van der Waals surface area (Å²) in [6, 6.07) is 0. The quantitative estimate of drug-likeness (QED) is 0.289. The molecule has 0 N–H and O–H groups in total. The van der Waals surface area contributed by atoms with E-state index in [4.69, 9.17) is 4.74 Å². The topological polar surface area (TPSA) is 26.3 Å². The second-order valence-electron chi connectivity index (χ2n) is 3.89. The van der Waals surface area contributed by atoms with E-state index in [1.54, 1.807) is 0 Å². The molecule has 0 spiro atoms. The van der Waals surface area contributed by atoms with Crippen LogP contribution in [0.3, 0.4) is 0 Å². The van der Waals surface area contributed by atoms with E-state index in [1.165, 1.54) is 6.26 Å². The van der Waals surface area contributed by atoms with E-state index >= 15 is 0 Å². The van der Waals surface area contributed by atoms with Crippen molar-refractivity contribution in [2.45, 2.75) is 33.6 Å². The second-order valence-corrected chi connectivity index (χ2v) is 3.89. The summed E-state index contributed by atoms with van der Waals surface area (Å²) in [6.45, 7) is 9.07. The lowest BCUT2D eigenvalue weighted by atomic mass is 9.98. The van der Waals surface area contributed by atoms with Crippen molar-refractivity contribution in [3.05, 3.63) is 25.0 Å². The molecule has 0 aliphatic heterocycles. The van der Waals surface area contributed by atoms with Crippen LogP contribution in [0.25, 0.3) is 0 Å². The fourth-order valence-corrected chi connectivity index (χ4v) is 0.569. The van der Waals surface area contributed by atoms with Gasteiger partial charge in [0.1, 0.15) is 0 Å². The average Bonchev–Trinajstić information content (AvgIpc) is 2.02. The Morgan fingerprint density at radius 2 is 2.00 bits per heavy atom. The zero-order valence-corrected chi connectivity index (χ0v) is 8.67. The molecule has 74 valence electrons. The molecule has 0 aromatic rings. The Labute approximate surface area is 80.3 Å². The van der Waals surface area contributed by atoms with Crippen LogP contribution in [-0.4, -0.2) is 5.97 Å². The molecule has 0 saturated carbocycles. The van der Waals surface area contributed by atoms with Crippen LogP contribution in [0, 0.1) is 5.41 Å². The lowest BCUT2D eigenvalue weighted by Crippen LogP contribution is -2.20. The molecule has 2 heteroatoms. The van der Waals surface area contributed by atoms with Crippen LogP contribution in [0.4, 0.5) is 0 Å². The van der Waals surface area contributed by atoms with Gasteiger partial charge in [0.15, 0.2) is 0 Å². The molecule has 0 unspecified atom stereocenters. The highest BCUT2D eigenvalue weighted by Gasteiger charge is 2.21. The van der Waals surface area contributed by atoms with Crippen LogP contribution in [0.1, 0.15) is 33.6 Å². The van der Waals surface area contributed by atoms with Crippen molar-refractivity contribution in [2.24, 2.45) is 5.41 Å². The van der Waals surface area contributed by atoms with Crippen molar-refractivity contribution in [3.8, 4) is 0 Å². The standard InChI is InChI=1S/C11H18O2/c1-5-6-7-8-9-13-10(12)11(2,3)4/h5,8-9H,1,6-7H2,2-4H3/b9-8+. The number of carbonyl (C=O) groups excluding carboxylic acids is 1. The Balaban J connectivity index is 3.70. The van der Waals surface area contributed by atoms with Crippen LogP contribution < -0.4 is 0 Å². The summed E-state index contributed by atoms with van der Waals surface area (Å²) < 4.78 is 4.90. The minimum Gasteiger partial charge on any atom is -0.434 e. The molecular formula is C11H18O2. The Hall–Kier alpha value is -1.05. The van der Waals surface area contributed by atoms with Gasteiger partial charge in [0.05, 0.1) is 11.7 Å². The highest BCUT2D eigenvalue weighted by Crippen LogP contribution is 2.15. The minimum absolute atomic E-state index is 0.206. The summed E-state index contributed by atoms with van der Waals surface area (Å²) in [5.74, 6) is -0.206. The van der Waals surface area contributed by atoms with E-state index in [0.717, 1.165) is 12.8 Å². The van der Waals surface area contributed by atoms with Crippen LogP contribution >= 0.6 is 0 Å². The Kier molecular flexibility index (Phi) is 5.12. The van der Waals surface area contributed by atoms with E-state index < -0.39 is 5.41 Å². The van der Waals surface area contributed by atoms with Gasteiger partial charge in [-0.05, 0) is 39.7 Å². The number of ether oxygens (including phenoxy) is 1. The van der Waals surface area contributed by atoms with Gasteiger partial charge in [0, 0.05) is 0 Å². The first-order valence-electron chi connectivity index (χ1n) is 4.45. The van der Waals surface area contributed by atoms with Crippen molar-refractivity contribution in [2.75, 3.05) is 0 Å². The van der Waals surface area contributed by atoms with Crippen LogP contribution in [-0.2, 0) is 9.53 Å². The Morgan fingerprint density at radius 1 is 1.38 bits per heavy atom. The fourth-order valence-electron chi connectivity index (χ4n) is 0.569. The molecule has 0 saturated heterocycles. The predicted molar refractivity (Wildman–Crippen MR) is 54.1 cm³/mol. The molecule has 0 amide bonds.